The van der Waals surface area contributed by atoms with Crippen molar-refractivity contribution >= 4 is 21.8 Å². The van der Waals surface area contributed by atoms with Crippen LogP contribution in [0.5, 0.6) is 0 Å². The average molecular weight is 280 g/mol. The normalized spacial score (nSPS) is 10.4. The number of aromatic nitrogens is 2. The van der Waals surface area contributed by atoms with Crippen molar-refractivity contribution in [3.8, 4) is 11.8 Å². The summed E-state index contributed by atoms with van der Waals surface area (Å²) in [6, 6.07) is 20.1. The molecule has 4 aromatic rings. The molecule has 102 valence electrons. The van der Waals surface area contributed by atoms with E-state index in [9.17, 15) is 0 Å². The van der Waals surface area contributed by atoms with E-state index in [-0.39, 0.29) is 0 Å². The Hall–Kier alpha value is -3.18. The van der Waals surface area contributed by atoms with Gasteiger partial charge in [0.2, 0.25) is 0 Å². The maximum absolute atomic E-state index is 4.49. The molecule has 2 aromatic carbocycles. The Morgan fingerprint density at radius 1 is 0.636 bits per heavy atom. The van der Waals surface area contributed by atoms with Crippen LogP contribution in [0.1, 0.15) is 11.1 Å². The Morgan fingerprint density at radius 3 is 2.41 bits per heavy atom. The molecule has 0 spiro atoms. The SMILES string of the molecule is C(#Cc1ccnc2c1ccc1cccnc12)c1ccccc1. The summed E-state index contributed by atoms with van der Waals surface area (Å²) >= 11 is 0. The van der Waals surface area contributed by atoms with Gasteiger partial charge in [0.05, 0.1) is 11.0 Å². The maximum atomic E-state index is 4.49. The molecule has 0 aliphatic rings. The summed E-state index contributed by atoms with van der Waals surface area (Å²) < 4.78 is 0. The van der Waals surface area contributed by atoms with E-state index in [1.165, 1.54) is 0 Å². The molecule has 0 radical (unpaired) electrons. The molecule has 2 nitrogen and oxygen atoms in total. The fraction of sp³-hybridized carbons (Fsp3) is 0. The van der Waals surface area contributed by atoms with Crippen LogP contribution < -0.4 is 0 Å². The Labute approximate surface area is 128 Å². The first-order valence-electron chi connectivity index (χ1n) is 7.11. The van der Waals surface area contributed by atoms with Crippen molar-refractivity contribution in [3.63, 3.8) is 0 Å². The van der Waals surface area contributed by atoms with E-state index < -0.39 is 0 Å². The van der Waals surface area contributed by atoms with Crippen molar-refractivity contribution in [1.82, 2.24) is 9.97 Å². The van der Waals surface area contributed by atoms with E-state index in [4.69, 9.17) is 0 Å². The first-order chi connectivity index (χ1) is 10.9. The number of hydrogen-bond donors (Lipinski definition) is 0. The molecule has 2 aromatic heterocycles. The Morgan fingerprint density at radius 2 is 1.50 bits per heavy atom. The quantitative estimate of drug-likeness (QED) is 0.356. The summed E-state index contributed by atoms with van der Waals surface area (Å²) in [5.74, 6) is 6.45. The molecule has 0 bridgehead atoms. The van der Waals surface area contributed by atoms with Crippen LogP contribution in [-0.4, -0.2) is 9.97 Å². The molecule has 0 aliphatic heterocycles. The fourth-order valence-corrected chi connectivity index (χ4v) is 2.52. The number of fused-ring (bicyclic) bond motifs is 3. The highest BCUT2D eigenvalue weighted by molar-refractivity contribution is 6.04. The van der Waals surface area contributed by atoms with Crippen LogP contribution >= 0.6 is 0 Å². The Kier molecular flexibility index (Phi) is 3.03. The summed E-state index contributed by atoms with van der Waals surface area (Å²) in [4.78, 5) is 8.95. The molecule has 4 rings (SSSR count). The van der Waals surface area contributed by atoms with E-state index in [0.717, 1.165) is 32.9 Å². The third kappa shape index (κ3) is 2.19. The molecule has 0 N–H and O–H groups in total. The van der Waals surface area contributed by atoms with Crippen molar-refractivity contribution in [2.45, 2.75) is 0 Å². The van der Waals surface area contributed by atoms with Gasteiger partial charge >= 0.3 is 0 Å². The maximum Gasteiger partial charge on any atom is 0.0977 e. The fourth-order valence-electron chi connectivity index (χ4n) is 2.52. The zero-order chi connectivity index (χ0) is 14.8. The lowest BCUT2D eigenvalue weighted by Crippen LogP contribution is -1.87. The molecule has 0 aliphatic carbocycles. The van der Waals surface area contributed by atoms with Gasteiger partial charge in [0.15, 0.2) is 0 Å². The summed E-state index contributed by atoms with van der Waals surface area (Å²) in [6.45, 7) is 0. The second-order valence-corrected chi connectivity index (χ2v) is 5.01. The minimum Gasteiger partial charge on any atom is -0.254 e. The number of benzene rings is 2. The van der Waals surface area contributed by atoms with Gasteiger partial charge in [0.25, 0.3) is 0 Å². The number of pyridine rings is 2. The molecule has 0 saturated carbocycles. The van der Waals surface area contributed by atoms with Crippen molar-refractivity contribution in [2.75, 3.05) is 0 Å². The second-order valence-electron chi connectivity index (χ2n) is 5.01. The third-order valence-electron chi connectivity index (χ3n) is 3.60. The van der Waals surface area contributed by atoms with Gasteiger partial charge in [-0.3, -0.25) is 9.97 Å². The molecule has 0 amide bonds. The van der Waals surface area contributed by atoms with E-state index in [1.54, 1.807) is 12.4 Å². The molecule has 0 saturated heterocycles. The van der Waals surface area contributed by atoms with Crippen LogP contribution in [0.15, 0.2) is 73.1 Å². The van der Waals surface area contributed by atoms with Gasteiger partial charge in [-0.2, -0.15) is 0 Å². The van der Waals surface area contributed by atoms with Crippen LogP contribution in [0.2, 0.25) is 0 Å². The number of rotatable bonds is 0. The van der Waals surface area contributed by atoms with E-state index in [1.807, 2.05) is 48.5 Å². The van der Waals surface area contributed by atoms with Crippen molar-refractivity contribution in [2.24, 2.45) is 0 Å². The molecular weight excluding hydrogens is 268 g/mol. The van der Waals surface area contributed by atoms with Gasteiger partial charge in [-0.1, -0.05) is 48.2 Å². The van der Waals surface area contributed by atoms with Crippen LogP contribution in [-0.2, 0) is 0 Å². The smallest absolute Gasteiger partial charge is 0.0977 e. The van der Waals surface area contributed by atoms with Gasteiger partial charge in [-0.05, 0) is 24.3 Å². The highest BCUT2D eigenvalue weighted by Crippen LogP contribution is 2.23. The first kappa shape index (κ1) is 12.6. The zero-order valence-electron chi connectivity index (χ0n) is 11.8. The highest BCUT2D eigenvalue weighted by Gasteiger charge is 2.05. The monoisotopic (exact) mass is 280 g/mol. The summed E-state index contributed by atoms with van der Waals surface area (Å²) in [7, 11) is 0. The highest BCUT2D eigenvalue weighted by atomic mass is 14.7. The largest absolute Gasteiger partial charge is 0.254 e. The molecule has 2 heteroatoms. The van der Waals surface area contributed by atoms with Crippen molar-refractivity contribution in [1.29, 1.82) is 0 Å². The van der Waals surface area contributed by atoms with Crippen LogP contribution in [0.3, 0.4) is 0 Å². The number of nitrogens with zero attached hydrogens (tertiary/aromatic N) is 2. The lowest BCUT2D eigenvalue weighted by Gasteiger charge is -2.03. The van der Waals surface area contributed by atoms with Gasteiger partial charge in [0, 0.05) is 34.3 Å². The first-order valence-corrected chi connectivity index (χ1v) is 7.11. The van der Waals surface area contributed by atoms with Gasteiger partial charge < -0.3 is 0 Å². The number of hydrogen-bond acceptors (Lipinski definition) is 2. The average Bonchev–Trinajstić information content (AvgIpc) is 2.60. The molecule has 2 heterocycles. The van der Waals surface area contributed by atoms with Gasteiger partial charge in [-0.15, -0.1) is 0 Å². The predicted octanol–water partition coefficient (Wildman–Crippen LogP) is 4.18. The summed E-state index contributed by atoms with van der Waals surface area (Å²) in [5.41, 5.74) is 3.80. The van der Waals surface area contributed by atoms with Crippen LogP contribution in [0.4, 0.5) is 0 Å². The molecule has 0 atom stereocenters. The lowest BCUT2D eigenvalue weighted by molar-refractivity contribution is 1.37. The van der Waals surface area contributed by atoms with Crippen molar-refractivity contribution in [3.05, 3.63) is 84.2 Å². The second kappa shape index (κ2) is 5.31. The Bertz CT molecular complexity index is 1020. The summed E-state index contributed by atoms with van der Waals surface area (Å²) in [6.07, 6.45) is 3.59. The van der Waals surface area contributed by atoms with Gasteiger partial charge in [0.1, 0.15) is 0 Å². The molecule has 0 fully saturated rings. The minimum atomic E-state index is 0.901. The van der Waals surface area contributed by atoms with Crippen LogP contribution in [0.25, 0.3) is 21.8 Å². The predicted molar refractivity (Wildman–Crippen MR) is 89.5 cm³/mol. The topological polar surface area (TPSA) is 25.8 Å². The summed E-state index contributed by atoms with van der Waals surface area (Å²) in [5, 5.41) is 2.13. The van der Waals surface area contributed by atoms with Crippen molar-refractivity contribution < 1.29 is 0 Å². The molecular formula is C20H12N2. The van der Waals surface area contributed by atoms with E-state index in [2.05, 4.69) is 33.9 Å². The van der Waals surface area contributed by atoms with Crippen LogP contribution in [0, 0.1) is 11.8 Å². The van der Waals surface area contributed by atoms with Gasteiger partial charge in [-0.25, -0.2) is 0 Å². The zero-order valence-corrected chi connectivity index (χ0v) is 11.8. The molecule has 22 heavy (non-hydrogen) atoms. The third-order valence-corrected chi connectivity index (χ3v) is 3.60. The minimum absolute atomic E-state index is 0.901. The Balaban J connectivity index is 1.93. The molecule has 0 unspecified atom stereocenters. The van der Waals surface area contributed by atoms with E-state index in [0.29, 0.717) is 0 Å². The lowest BCUT2D eigenvalue weighted by atomic mass is 10.1. The standard InChI is InChI=1S/C20H12N2/c1-2-5-15(6-3-1)8-9-16-12-14-22-20-18(16)11-10-17-7-4-13-21-19(17)20/h1-7,10-14H. The van der Waals surface area contributed by atoms with E-state index >= 15 is 0 Å².